The van der Waals surface area contributed by atoms with Crippen molar-refractivity contribution in [2.24, 2.45) is 5.16 Å². The molecule has 0 bridgehead atoms. The molecule has 0 spiro atoms. The number of benzene rings is 1. The molecule has 0 saturated heterocycles. The quantitative estimate of drug-likeness (QED) is 0.925. The Balaban J connectivity index is 1.42. The van der Waals surface area contributed by atoms with Crippen LogP contribution in [0.3, 0.4) is 0 Å². The van der Waals surface area contributed by atoms with Gasteiger partial charge in [-0.05, 0) is 49.9 Å². The standard InChI is InChI=1S/C18H19ClN4O/c1-18(2)8-16(23-24-18)13-9-20-17(21-10-13)22-15-6-11-3-4-14(19)5-12(11)7-15/h3-5,9-10,15H,6-8H2,1-2H3,(H,20,21,22). The molecule has 2 aromatic rings. The SMILES string of the molecule is CC1(C)CC(c2cnc(NC3Cc4ccc(Cl)cc4C3)nc2)=NO1. The van der Waals surface area contributed by atoms with Gasteiger partial charge in [-0.3, -0.25) is 0 Å². The molecule has 1 aromatic carbocycles. The molecule has 2 heterocycles. The van der Waals surface area contributed by atoms with Gasteiger partial charge < -0.3 is 10.2 Å². The fourth-order valence-corrected chi connectivity index (χ4v) is 3.42. The van der Waals surface area contributed by atoms with Crippen LogP contribution in [0.1, 0.15) is 37.0 Å². The minimum atomic E-state index is -0.247. The van der Waals surface area contributed by atoms with E-state index in [1.807, 2.05) is 26.0 Å². The molecule has 1 atom stereocenters. The Morgan fingerprint density at radius 1 is 1.17 bits per heavy atom. The topological polar surface area (TPSA) is 59.4 Å². The van der Waals surface area contributed by atoms with Crippen molar-refractivity contribution in [3.8, 4) is 0 Å². The normalized spacial score (nSPS) is 21.1. The Labute approximate surface area is 146 Å². The van der Waals surface area contributed by atoms with Crippen molar-refractivity contribution in [2.75, 3.05) is 5.32 Å². The van der Waals surface area contributed by atoms with Crippen LogP contribution in [0.5, 0.6) is 0 Å². The van der Waals surface area contributed by atoms with Gasteiger partial charge in [0.05, 0.1) is 5.71 Å². The van der Waals surface area contributed by atoms with Crippen molar-refractivity contribution < 1.29 is 4.84 Å². The van der Waals surface area contributed by atoms with Gasteiger partial charge in [0.2, 0.25) is 5.95 Å². The van der Waals surface area contributed by atoms with E-state index >= 15 is 0 Å². The predicted molar refractivity (Wildman–Crippen MR) is 94.6 cm³/mol. The number of hydrogen-bond acceptors (Lipinski definition) is 5. The summed E-state index contributed by atoms with van der Waals surface area (Å²) in [5.41, 5.74) is 4.20. The highest BCUT2D eigenvalue weighted by atomic mass is 35.5. The van der Waals surface area contributed by atoms with Crippen LogP contribution in [-0.4, -0.2) is 27.3 Å². The summed E-state index contributed by atoms with van der Waals surface area (Å²) >= 11 is 6.06. The van der Waals surface area contributed by atoms with Crippen LogP contribution in [0.4, 0.5) is 5.95 Å². The maximum atomic E-state index is 6.06. The van der Waals surface area contributed by atoms with Crippen LogP contribution < -0.4 is 5.32 Å². The molecule has 0 saturated carbocycles. The largest absolute Gasteiger partial charge is 0.389 e. The van der Waals surface area contributed by atoms with Gasteiger partial charge in [0.25, 0.3) is 0 Å². The van der Waals surface area contributed by atoms with Crippen LogP contribution in [0.2, 0.25) is 5.02 Å². The van der Waals surface area contributed by atoms with E-state index in [0.29, 0.717) is 12.0 Å². The van der Waals surface area contributed by atoms with E-state index in [-0.39, 0.29) is 5.60 Å². The minimum absolute atomic E-state index is 0.247. The lowest BCUT2D eigenvalue weighted by Crippen LogP contribution is -2.21. The summed E-state index contributed by atoms with van der Waals surface area (Å²) in [6, 6.07) is 6.39. The van der Waals surface area contributed by atoms with Crippen LogP contribution in [0, 0.1) is 0 Å². The molecule has 1 unspecified atom stereocenters. The molecule has 124 valence electrons. The maximum absolute atomic E-state index is 6.06. The zero-order chi connectivity index (χ0) is 16.7. The first kappa shape index (κ1) is 15.4. The fourth-order valence-electron chi connectivity index (χ4n) is 3.22. The summed E-state index contributed by atoms with van der Waals surface area (Å²) in [5.74, 6) is 0.640. The van der Waals surface area contributed by atoms with Gasteiger partial charge in [-0.1, -0.05) is 22.8 Å². The summed E-state index contributed by atoms with van der Waals surface area (Å²) in [5, 5.41) is 8.32. The number of fused-ring (bicyclic) bond motifs is 1. The number of rotatable bonds is 3. The Hall–Kier alpha value is -2.14. The molecule has 6 heteroatoms. The third-order valence-corrected chi connectivity index (χ3v) is 4.65. The van der Waals surface area contributed by atoms with E-state index in [0.717, 1.165) is 35.6 Å². The smallest absolute Gasteiger partial charge is 0.222 e. The summed E-state index contributed by atoms with van der Waals surface area (Å²) in [6.07, 6.45) is 6.28. The molecule has 1 N–H and O–H groups in total. The van der Waals surface area contributed by atoms with E-state index < -0.39 is 0 Å². The second kappa shape index (κ2) is 5.74. The second-order valence-electron chi connectivity index (χ2n) is 7.02. The van der Waals surface area contributed by atoms with Crippen LogP contribution in [0.15, 0.2) is 35.7 Å². The lowest BCUT2D eigenvalue weighted by Gasteiger charge is -2.13. The monoisotopic (exact) mass is 342 g/mol. The molecular formula is C18H19ClN4O. The predicted octanol–water partition coefficient (Wildman–Crippen LogP) is 3.61. The van der Waals surface area contributed by atoms with Crippen LogP contribution >= 0.6 is 11.6 Å². The summed E-state index contributed by atoms with van der Waals surface area (Å²) in [4.78, 5) is 14.3. The van der Waals surface area contributed by atoms with Gasteiger partial charge in [0.15, 0.2) is 0 Å². The van der Waals surface area contributed by atoms with Crippen LogP contribution in [0.25, 0.3) is 0 Å². The van der Waals surface area contributed by atoms with E-state index in [1.165, 1.54) is 11.1 Å². The second-order valence-corrected chi connectivity index (χ2v) is 7.46. The highest BCUT2D eigenvalue weighted by molar-refractivity contribution is 6.30. The van der Waals surface area contributed by atoms with E-state index in [4.69, 9.17) is 16.4 Å². The molecule has 0 radical (unpaired) electrons. The third kappa shape index (κ3) is 3.08. The molecule has 1 aromatic heterocycles. The molecular weight excluding hydrogens is 324 g/mol. The molecule has 4 rings (SSSR count). The molecule has 2 aliphatic rings. The number of hydrogen-bond donors (Lipinski definition) is 1. The lowest BCUT2D eigenvalue weighted by atomic mass is 10.00. The molecule has 5 nitrogen and oxygen atoms in total. The molecule has 0 fully saturated rings. The van der Waals surface area contributed by atoms with Gasteiger partial charge in [0, 0.05) is 35.4 Å². The molecule has 24 heavy (non-hydrogen) atoms. The first-order chi connectivity index (χ1) is 11.5. The Morgan fingerprint density at radius 3 is 2.62 bits per heavy atom. The van der Waals surface area contributed by atoms with Crippen LogP contribution in [-0.2, 0) is 17.7 Å². The van der Waals surface area contributed by atoms with Crippen molar-refractivity contribution in [3.05, 3.63) is 52.3 Å². The van der Waals surface area contributed by atoms with Crippen molar-refractivity contribution in [3.63, 3.8) is 0 Å². The minimum Gasteiger partial charge on any atom is -0.389 e. The lowest BCUT2D eigenvalue weighted by molar-refractivity contribution is 0.0123. The molecule has 0 amide bonds. The Morgan fingerprint density at radius 2 is 1.92 bits per heavy atom. The summed E-state index contributed by atoms with van der Waals surface area (Å²) in [6.45, 7) is 4.04. The number of halogens is 1. The number of anilines is 1. The van der Waals surface area contributed by atoms with E-state index in [9.17, 15) is 0 Å². The van der Waals surface area contributed by atoms with Gasteiger partial charge in [-0.2, -0.15) is 0 Å². The highest BCUT2D eigenvalue weighted by Gasteiger charge is 2.30. The highest BCUT2D eigenvalue weighted by Crippen LogP contribution is 2.27. The van der Waals surface area contributed by atoms with Crippen molar-refractivity contribution >= 4 is 23.3 Å². The Bertz CT molecular complexity index is 801. The fraction of sp³-hybridized carbons (Fsp3) is 0.389. The number of nitrogens with zero attached hydrogens (tertiary/aromatic N) is 3. The van der Waals surface area contributed by atoms with E-state index in [1.54, 1.807) is 12.4 Å². The van der Waals surface area contributed by atoms with E-state index in [2.05, 4.69) is 26.5 Å². The average Bonchev–Trinajstić information content (AvgIpc) is 3.10. The van der Waals surface area contributed by atoms with Crippen molar-refractivity contribution in [1.29, 1.82) is 0 Å². The number of oxime groups is 1. The number of nitrogens with one attached hydrogen (secondary N) is 1. The molecule has 1 aliphatic heterocycles. The summed E-state index contributed by atoms with van der Waals surface area (Å²) in [7, 11) is 0. The first-order valence-electron chi connectivity index (χ1n) is 8.10. The number of aromatic nitrogens is 2. The van der Waals surface area contributed by atoms with Gasteiger partial charge >= 0.3 is 0 Å². The Kier molecular flexibility index (Phi) is 3.68. The third-order valence-electron chi connectivity index (χ3n) is 4.42. The van der Waals surface area contributed by atoms with Gasteiger partial charge in [0.1, 0.15) is 5.60 Å². The zero-order valence-corrected chi connectivity index (χ0v) is 14.5. The van der Waals surface area contributed by atoms with Gasteiger partial charge in [-0.25, -0.2) is 9.97 Å². The van der Waals surface area contributed by atoms with Gasteiger partial charge in [-0.15, -0.1) is 0 Å². The average molecular weight is 343 g/mol. The maximum Gasteiger partial charge on any atom is 0.222 e. The van der Waals surface area contributed by atoms with Crippen molar-refractivity contribution in [2.45, 2.75) is 44.8 Å². The zero-order valence-electron chi connectivity index (χ0n) is 13.7. The first-order valence-corrected chi connectivity index (χ1v) is 8.48. The summed E-state index contributed by atoms with van der Waals surface area (Å²) < 4.78 is 0. The molecule has 1 aliphatic carbocycles. The van der Waals surface area contributed by atoms with Crippen molar-refractivity contribution in [1.82, 2.24) is 9.97 Å².